The van der Waals surface area contributed by atoms with Crippen LogP contribution in [0.3, 0.4) is 0 Å². The molecule has 0 radical (unpaired) electrons. The summed E-state index contributed by atoms with van der Waals surface area (Å²) in [7, 11) is 0. The summed E-state index contributed by atoms with van der Waals surface area (Å²) >= 11 is 0. The smallest absolute Gasteiger partial charge is 0.215 e. The largest absolute Gasteiger partial charge is 0.439 e. The number of rotatable bonds is 2. The van der Waals surface area contributed by atoms with Crippen LogP contribution in [0.15, 0.2) is 22.6 Å². The molecule has 1 unspecified atom stereocenters. The van der Waals surface area contributed by atoms with Crippen LogP contribution in [-0.2, 0) is 5.54 Å². The number of fused-ring (bicyclic) bond motifs is 1. The van der Waals surface area contributed by atoms with Gasteiger partial charge in [0.15, 0.2) is 5.58 Å². The van der Waals surface area contributed by atoms with Crippen LogP contribution in [0.25, 0.3) is 11.1 Å². The van der Waals surface area contributed by atoms with E-state index in [-0.39, 0.29) is 0 Å². The Bertz CT molecular complexity index is 538. The SMILES string of the molecule is Cc1ccc2nc(C(C)(N)C3CC3)oc2c1. The quantitative estimate of drug-likeness (QED) is 0.839. The van der Waals surface area contributed by atoms with Gasteiger partial charge in [0.25, 0.3) is 0 Å². The number of aromatic nitrogens is 1. The first-order valence-corrected chi connectivity index (χ1v) is 5.74. The minimum absolute atomic E-state index is 0.410. The molecule has 1 aromatic heterocycles. The molecule has 3 nitrogen and oxygen atoms in total. The molecule has 0 amide bonds. The molecule has 1 heterocycles. The predicted molar refractivity (Wildman–Crippen MR) is 63.0 cm³/mol. The summed E-state index contributed by atoms with van der Waals surface area (Å²) in [5.74, 6) is 1.21. The Balaban J connectivity index is 2.11. The standard InChI is InChI=1S/C13H16N2O/c1-8-3-6-10-11(7-8)16-12(15-10)13(2,14)9-4-5-9/h3,6-7,9H,4-5,14H2,1-2H3. The molecule has 1 atom stereocenters. The lowest BCUT2D eigenvalue weighted by Gasteiger charge is -2.19. The average molecular weight is 216 g/mol. The molecule has 84 valence electrons. The molecular formula is C13H16N2O. The Morgan fingerprint density at radius 1 is 1.44 bits per heavy atom. The van der Waals surface area contributed by atoms with Crippen molar-refractivity contribution in [3.63, 3.8) is 0 Å². The minimum Gasteiger partial charge on any atom is -0.439 e. The van der Waals surface area contributed by atoms with Gasteiger partial charge in [-0.15, -0.1) is 0 Å². The first-order chi connectivity index (χ1) is 7.57. The lowest BCUT2D eigenvalue weighted by atomic mass is 9.97. The van der Waals surface area contributed by atoms with E-state index in [1.165, 1.54) is 18.4 Å². The van der Waals surface area contributed by atoms with Gasteiger partial charge in [0.2, 0.25) is 5.89 Å². The number of nitrogens with zero attached hydrogens (tertiary/aromatic N) is 1. The van der Waals surface area contributed by atoms with Gasteiger partial charge in [-0.3, -0.25) is 0 Å². The summed E-state index contributed by atoms with van der Waals surface area (Å²) in [6.45, 7) is 4.06. The fourth-order valence-electron chi connectivity index (χ4n) is 2.12. The molecule has 2 aromatic rings. The monoisotopic (exact) mass is 216 g/mol. The number of hydrogen-bond donors (Lipinski definition) is 1. The lowest BCUT2D eigenvalue weighted by molar-refractivity contribution is 0.327. The Morgan fingerprint density at radius 3 is 2.88 bits per heavy atom. The highest BCUT2D eigenvalue weighted by atomic mass is 16.4. The van der Waals surface area contributed by atoms with Crippen molar-refractivity contribution in [3.8, 4) is 0 Å². The molecule has 0 aliphatic heterocycles. The van der Waals surface area contributed by atoms with E-state index in [0.717, 1.165) is 11.1 Å². The van der Waals surface area contributed by atoms with Gasteiger partial charge in [-0.1, -0.05) is 6.07 Å². The van der Waals surface area contributed by atoms with Crippen molar-refractivity contribution in [2.75, 3.05) is 0 Å². The molecule has 3 heteroatoms. The third-order valence-electron chi connectivity index (χ3n) is 3.43. The highest BCUT2D eigenvalue weighted by Gasteiger charge is 2.43. The van der Waals surface area contributed by atoms with Crippen molar-refractivity contribution >= 4 is 11.1 Å². The fraction of sp³-hybridized carbons (Fsp3) is 0.462. The summed E-state index contributed by atoms with van der Waals surface area (Å²) in [4.78, 5) is 4.50. The third-order valence-corrected chi connectivity index (χ3v) is 3.43. The van der Waals surface area contributed by atoms with E-state index in [0.29, 0.717) is 11.8 Å². The van der Waals surface area contributed by atoms with E-state index >= 15 is 0 Å². The van der Waals surface area contributed by atoms with E-state index in [1.807, 2.05) is 32.0 Å². The highest BCUT2D eigenvalue weighted by Crippen LogP contribution is 2.43. The van der Waals surface area contributed by atoms with Gasteiger partial charge in [0.05, 0.1) is 5.54 Å². The first-order valence-electron chi connectivity index (χ1n) is 5.74. The van der Waals surface area contributed by atoms with Crippen LogP contribution in [0, 0.1) is 12.8 Å². The maximum absolute atomic E-state index is 6.29. The summed E-state index contributed by atoms with van der Waals surface area (Å²) in [6.07, 6.45) is 2.37. The number of nitrogens with two attached hydrogens (primary N) is 1. The second kappa shape index (κ2) is 3.08. The molecule has 1 aliphatic carbocycles. The van der Waals surface area contributed by atoms with Crippen LogP contribution >= 0.6 is 0 Å². The van der Waals surface area contributed by atoms with Crippen LogP contribution in [-0.4, -0.2) is 4.98 Å². The van der Waals surface area contributed by atoms with Crippen molar-refractivity contribution < 1.29 is 4.42 Å². The molecule has 1 aromatic carbocycles. The molecule has 1 saturated carbocycles. The maximum Gasteiger partial charge on any atom is 0.215 e. The van der Waals surface area contributed by atoms with Gasteiger partial charge in [-0.05, 0) is 50.3 Å². The second-order valence-corrected chi connectivity index (χ2v) is 5.05. The Kier molecular flexibility index (Phi) is 1.89. The van der Waals surface area contributed by atoms with E-state index in [9.17, 15) is 0 Å². The molecule has 1 fully saturated rings. The molecule has 0 spiro atoms. The second-order valence-electron chi connectivity index (χ2n) is 5.05. The fourth-order valence-corrected chi connectivity index (χ4v) is 2.12. The Morgan fingerprint density at radius 2 is 2.19 bits per heavy atom. The summed E-state index contributed by atoms with van der Waals surface area (Å²) in [5.41, 5.74) is 8.80. The normalized spacial score (nSPS) is 19.9. The van der Waals surface area contributed by atoms with Gasteiger partial charge >= 0.3 is 0 Å². The average Bonchev–Trinajstić information content (AvgIpc) is 2.99. The predicted octanol–water partition coefficient (Wildman–Crippen LogP) is 2.72. The molecule has 0 bridgehead atoms. The molecule has 2 N–H and O–H groups in total. The zero-order chi connectivity index (χ0) is 11.3. The van der Waals surface area contributed by atoms with E-state index in [1.54, 1.807) is 0 Å². The van der Waals surface area contributed by atoms with E-state index in [2.05, 4.69) is 4.98 Å². The Hall–Kier alpha value is -1.35. The van der Waals surface area contributed by atoms with Gasteiger partial charge in [0, 0.05) is 0 Å². The van der Waals surface area contributed by atoms with Crippen LogP contribution in [0.1, 0.15) is 31.2 Å². The van der Waals surface area contributed by atoms with Gasteiger partial charge < -0.3 is 10.2 Å². The zero-order valence-electron chi connectivity index (χ0n) is 9.66. The van der Waals surface area contributed by atoms with Crippen molar-refractivity contribution in [1.82, 2.24) is 4.98 Å². The number of hydrogen-bond acceptors (Lipinski definition) is 3. The summed E-state index contributed by atoms with van der Waals surface area (Å²) in [6, 6.07) is 6.04. The van der Waals surface area contributed by atoms with Crippen molar-refractivity contribution in [3.05, 3.63) is 29.7 Å². The van der Waals surface area contributed by atoms with Crippen molar-refractivity contribution in [2.45, 2.75) is 32.2 Å². The topological polar surface area (TPSA) is 52.0 Å². The highest BCUT2D eigenvalue weighted by molar-refractivity contribution is 5.73. The summed E-state index contributed by atoms with van der Waals surface area (Å²) in [5, 5.41) is 0. The number of aryl methyl sites for hydroxylation is 1. The van der Waals surface area contributed by atoms with Crippen LogP contribution in [0.2, 0.25) is 0 Å². The van der Waals surface area contributed by atoms with Gasteiger partial charge in [0.1, 0.15) is 5.52 Å². The van der Waals surface area contributed by atoms with Crippen molar-refractivity contribution in [2.24, 2.45) is 11.7 Å². The molecule has 16 heavy (non-hydrogen) atoms. The van der Waals surface area contributed by atoms with Crippen LogP contribution in [0.4, 0.5) is 0 Å². The van der Waals surface area contributed by atoms with Gasteiger partial charge in [-0.2, -0.15) is 0 Å². The van der Waals surface area contributed by atoms with E-state index < -0.39 is 5.54 Å². The number of oxazole rings is 1. The third kappa shape index (κ3) is 1.43. The van der Waals surface area contributed by atoms with Crippen LogP contribution in [0.5, 0.6) is 0 Å². The summed E-state index contributed by atoms with van der Waals surface area (Å²) < 4.78 is 5.78. The van der Waals surface area contributed by atoms with E-state index in [4.69, 9.17) is 10.2 Å². The minimum atomic E-state index is -0.410. The van der Waals surface area contributed by atoms with Gasteiger partial charge in [-0.25, -0.2) is 4.98 Å². The molecule has 0 saturated heterocycles. The molecular weight excluding hydrogens is 200 g/mol. The maximum atomic E-state index is 6.29. The Labute approximate surface area is 94.7 Å². The zero-order valence-corrected chi connectivity index (χ0v) is 9.66. The molecule has 1 aliphatic rings. The first kappa shape index (κ1) is 9.85. The molecule has 3 rings (SSSR count). The lowest BCUT2D eigenvalue weighted by Crippen LogP contribution is -2.35. The van der Waals surface area contributed by atoms with Crippen LogP contribution < -0.4 is 5.73 Å². The number of benzene rings is 1. The van der Waals surface area contributed by atoms with Crippen molar-refractivity contribution in [1.29, 1.82) is 0 Å².